The molecule has 1 N–H and O–H groups in total. The third-order valence-electron chi connectivity index (χ3n) is 13.0. The highest BCUT2D eigenvalue weighted by Crippen LogP contribution is 2.43. The van der Waals surface area contributed by atoms with Crippen LogP contribution in [-0.2, 0) is 11.2 Å². The predicted octanol–water partition coefficient (Wildman–Crippen LogP) is 8.83. The van der Waals surface area contributed by atoms with Gasteiger partial charge in [-0.25, -0.2) is 27.2 Å². The summed E-state index contributed by atoms with van der Waals surface area (Å²) in [6.07, 6.45) is -6.26. The molecule has 3 aromatic carbocycles. The second kappa shape index (κ2) is 17.1. The van der Waals surface area contributed by atoms with Crippen LogP contribution in [0.3, 0.4) is 0 Å². The number of aryl methyl sites for hydroxylation is 1. The lowest BCUT2D eigenvalue weighted by molar-refractivity contribution is -0.152. The van der Waals surface area contributed by atoms with E-state index in [1.54, 1.807) is 13.0 Å². The number of ether oxygens (including phenoxy) is 3. The number of carbonyl (C=O) groups is 2. The molecular formula is C46H46F7N7O5. The summed E-state index contributed by atoms with van der Waals surface area (Å²) in [5.41, 5.74) is -2.52. The molecule has 2 aromatic heterocycles. The smallest absolute Gasteiger partial charge is 0.414 e. The van der Waals surface area contributed by atoms with Crippen LogP contribution in [0.25, 0.3) is 32.9 Å². The molecule has 0 aliphatic carbocycles. The normalized spacial score (nSPS) is 24.1. The zero-order chi connectivity index (χ0) is 45.8. The number of benzene rings is 3. The molecule has 0 spiro atoms. The Bertz CT molecular complexity index is 2640. The van der Waals surface area contributed by atoms with Crippen molar-refractivity contribution in [3.05, 3.63) is 83.6 Å². The third-order valence-corrected chi connectivity index (χ3v) is 13.0. The second-order valence-corrected chi connectivity index (χ2v) is 17.8. The molecule has 3 fully saturated rings. The zero-order valence-electron chi connectivity index (χ0n) is 35.6. The van der Waals surface area contributed by atoms with E-state index in [1.165, 1.54) is 59.6 Å². The summed E-state index contributed by atoms with van der Waals surface area (Å²) in [5, 5.41) is 3.24. The Morgan fingerprint density at radius 2 is 1.83 bits per heavy atom. The summed E-state index contributed by atoms with van der Waals surface area (Å²) >= 11 is 0. The Balaban J connectivity index is 1.17. The maximum absolute atomic E-state index is 17.6. The second-order valence-electron chi connectivity index (χ2n) is 17.8. The molecule has 5 atom stereocenters. The van der Waals surface area contributed by atoms with Gasteiger partial charge in [0, 0.05) is 51.3 Å². The minimum atomic E-state index is -4.71. The van der Waals surface area contributed by atoms with Crippen molar-refractivity contribution in [2.45, 2.75) is 81.0 Å². The summed E-state index contributed by atoms with van der Waals surface area (Å²) in [6, 6.07) is 12.0. The third kappa shape index (κ3) is 8.78. The van der Waals surface area contributed by atoms with E-state index < -0.39 is 65.9 Å². The number of hydrogen-bond donors (Lipinski definition) is 1. The molecule has 5 aromatic rings. The van der Waals surface area contributed by atoms with Crippen LogP contribution in [0.15, 0.2) is 60.8 Å². The van der Waals surface area contributed by atoms with Gasteiger partial charge in [-0.15, -0.1) is 0 Å². The van der Waals surface area contributed by atoms with Crippen molar-refractivity contribution in [1.82, 2.24) is 30.1 Å². The number of carbonyl (C=O) groups excluding carboxylic acids is 2. The fraction of sp³-hybridized carbons (Fsp3) is 0.457. The number of alkyl carbamates (subject to hydrolysis) is 1. The molecule has 7 heterocycles. The number of anilines is 1. The van der Waals surface area contributed by atoms with Gasteiger partial charge >= 0.3 is 24.4 Å². The Morgan fingerprint density at radius 3 is 2.62 bits per heavy atom. The maximum Gasteiger partial charge on any atom is 0.414 e. The maximum atomic E-state index is 17.6. The van der Waals surface area contributed by atoms with E-state index in [0.29, 0.717) is 13.0 Å². The lowest BCUT2D eigenvalue weighted by atomic mass is 9.90. The standard InChI is InChI=1S/C46H46F7N7O5/c1-44-18-28(47)21-59(24-44)40-33-20-54-38(37(50)39(33)55-41(56-40)64-25-45-13-7-14-60(45)22-29(48)19-45)32-17-30(16-27-11-12-35(49)31(36(27)32)10-6-15-63-42(61)57-44)65-43(62)58(2)23-34(46(51,52)53)26-8-4-3-5-9-26/h3-5,8-9,11-12,16-17,20,28-29,34H,6-7,10,13-15,18-19,21-25H2,1-2H3,(H,57,61)/t28-,29-,34-,44-,45+/m1/s1. The highest BCUT2D eigenvalue weighted by atomic mass is 19.4. The van der Waals surface area contributed by atoms with Crippen molar-refractivity contribution in [2.24, 2.45) is 0 Å². The van der Waals surface area contributed by atoms with Gasteiger partial charge in [0.1, 0.15) is 47.5 Å². The minimum Gasteiger partial charge on any atom is -0.461 e. The number of piperidine rings is 1. The van der Waals surface area contributed by atoms with Gasteiger partial charge in [-0.2, -0.15) is 23.1 Å². The summed E-state index contributed by atoms with van der Waals surface area (Å²) in [5.74, 6) is -3.92. The fourth-order valence-corrected chi connectivity index (χ4v) is 10.0. The van der Waals surface area contributed by atoms with Gasteiger partial charge in [-0.05, 0) is 79.3 Å². The number of aromatic nitrogens is 3. The van der Waals surface area contributed by atoms with Gasteiger partial charge in [0.2, 0.25) is 0 Å². The van der Waals surface area contributed by atoms with Gasteiger partial charge in [-0.1, -0.05) is 36.4 Å². The number of nitrogens with one attached hydrogen (secondary N) is 1. The zero-order valence-corrected chi connectivity index (χ0v) is 35.6. The molecule has 2 amide bonds. The molecule has 0 saturated carbocycles. The molecule has 19 heteroatoms. The van der Waals surface area contributed by atoms with Crippen LogP contribution in [0.4, 0.5) is 46.1 Å². The van der Waals surface area contributed by atoms with Crippen molar-refractivity contribution in [3.8, 4) is 23.0 Å². The topological polar surface area (TPSA) is 122 Å². The molecule has 3 saturated heterocycles. The number of amides is 2. The van der Waals surface area contributed by atoms with Crippen LogP contribution in [-0.4, -0.2) is 120 Å². The quantitative estimate of drug-likeness (QED) is 0.159. The Kier molecular flexibility index (Phi) is 11.6. The van der Waals surface area contributed by atoms with E-state index in [2.05, 4.69) is 20.3 Å². The number of nitrogens with zero attached hydrogens (tertiary/aromatic N) is 6. The molecule has 0 unspecified atom stereocenters. The van der Waals surface area contributed by atoms with Crippen LogP contribution >= 0.6 is 0 Å². The van der Waals surface area contributed by atoms with Gasteiger partial charge in [0.25, 0.3) is 0 Å². The van der Waals surface area contributed by atoms with Crippen molar-refractivity contribution >= 4 is 39.7 Å². The number of likely N-dealkylation sites (N-methyl/N-ethyl adjacent to an activating group) is 1. The molecule has 10 rings (SSSR count). The van der Waals surface area contributed by atoms with E-state index in [0.717, 1.165) is 18.4 Å². The Hall–Kier alpha value is -5.98. The van der Waals surface area contributed by atoms with E-state index in [-0.39, 0.29) is 120 Å². The minimum absolute atomic E-state index is 0.00684. The molecule has 0 radical (unpaired) electrons. The van der Waals surface area contributed by atoms with Crippen LogP contribution < -0.4 is 19.7 Å². The molecule has 12 nitrogen and oxygen atoms in total. The number of alkyl halides is 5. The van der Waals surface area contributed by atoms with E-state index in [9.17, 15) is 27.2 Å². The van der Waals surface area contributed by atoms with E-state index >= 15 is 13.2 Å². The first-order chi connectivity index (χ1) is 31.0. The first-order valence-corrected chi connectivity index (χ1v) is 21.5. The summed E-state index contributed by atoms with van der Waals surface area (Å²) in [6.45, 7) is 1.40. The average molecular weight is 910 g/mol. The monoisotopic (exact) mass is 909 g/mol. The molecule has 344 valence electrons. The van der Waals surface area contributed by atoms with Crippen LogP contribution in [0, 0.1) is 11.6 Å². The van der Waals surface area contributed by atoms with Gasteiger partial charge in [-0.3, -0.25) is 9.88 Å². The number of fused-ring (bicyclic) bond motifs is 7. The van der Waals surface area contributed by atoms with E-state index in [1.807, 2.05) is 4.90 Å². The molecular weight excluding hydrogens is 864 g/mol. The van der Waals surface area contributed by atoms with E-state index in [4.69, 9.17) is 14.2 Å². The first kappa shape index (κ1) is 44.2. The highest BCUT2D eigenvalue weighted by molar-refractivity contribution is 6.02. The summed E-state index contributed by atoms with van der Waals surface area (Å²) in [4.78, 5) is 44.8. The fourth-order valence-electron chi connectivity index (χ4n) is 10.0. The summed E-state index contributed by atoms with van der Waals surface area (Å²) in [7, 11) is 1.16. The number of pyridine rings is 1. The SMILES string of the molecule is CN(C[C@H](c1ccccc1)C(F)(F)F)C(=O)Oc1cc2c3c(c(F)ccc3c1)CCCOC(=O)N[C@]1(C)C[C@@H](F)CN(C1)c1nc(OC[C@@]34CCCN3C[C@H](F)C4)nc3c(F)c-2ncc13. The first-order valence-electron chi connectivity index (χ1n) is 21.5. The Morgan fingerprint density at radius 1 is 1.05 bits per heavy atom. The van der Waals surface area contributed by atoms with Crippen molar-refractivity contribution in [2.75, 3.05) is 57.9 Å². The molecule has 6 bridgehead atoms. The van der Waals surface area contributed by atoms with Gasteiger partial charge in [0.15, 0.2) is 5.82 Å². The molecule has 65 heavy (non-hydrogen) atoms. The largest absolute Gasteiger partial charge is 0.461 e. The lowest BCUT2D eigenvalue weighted by Crippen LogP contribution is -2.60. The van der Waals surface area contributed by atoms with Crippen molar-refractivity contribution in [3.63, 3.8) is 0 Å². The molecule has 5 aliphatic heterocycles. The van der Waals surface area contributed by atoms with Gasteiger partial charge < -0.3 is 29.3 Å². The average Bonchev–Trinajstić information content (AvgIpc) is 3.78. The van der Waals surface area contributed by atoms with Gasteiger partial charge in [0.05, 0.1) is 35.5 Å². The number of halogens is 7. The highest BCUT2D eigenvalue weighted by Gasteiger charge is 2.50. The number of rotatable bonds is 7. The van der Waals surface area contributed by atoms with Crippen LogP contribution in [0.1, 0.15) is 56.1 Å². The lowest BCUT2D eigenvalue weighted by Gasteiger charge is -2.42. The van der Waals surface area contributed by atoms with Crippen LogP contribution in [0.2, 0.25) is 0 Å². The predicted molar refractivity (Wildman–Crippen MR) is 226 cm³/mol. The van der Waals surface area contributed by atoms with Crippen molar-refractivity contribution < 1.29 is 54.5 Å². The Labute approximate surface area is 369 Å². The summed E-state index contributed by atoms with van der Waals surface area (Å²) < 4.78 is 124. The molecule has 5 aliphatic rings. The van der Waals surface area contributed by atoms with Crippen LogP contribution in [0.5, 0.6) is 11.8 Å². The van der Waals surface area contributed by atoms with Crippen molar-refractivity contribution in [1.29, 1.82) is 0 Å². The number of hydrogen-bond acceptors (Lipinski definition) is 10.